The largest absolute Gasteiger partial charge is 0.369 e. The van der Waals surface area contributed by atoms with Crippen LogP contribution in [0.4, 0.5) is 5.82 Å². The molecule has 4 heteroatoms. The van der Waals surface area contributed by atoms with Crippen molar-refractivity contribution < 1.29 is 0 Å². The minimum atomic E-state index is 0.440. The van der Waals surface area contributed by atoms with Gasteiger partial charge in [-0.05, 0) is 34.2 Å². The lowest BCUT2D eigenvalue weighted by molar-refractivity contribution is 0.233. The Bertz CT molecular complexity index is 348. The van der Waals surface area contributed by atoms with Crippen LogP contribution in [0, 0.1) is 5.41 Å². The zero-order valence-electron chi connectivity index (χ0n) is 9.67. The van der Waals surface area contributed by atoms with E-state index < -0.39 is 0 Å². The quantitative estimate of drug-likeness (QED) is 0.861. The highest BCUT2D eigenvalue weighted by Crippen LogP contribution is 2.35. The van der Waals surface area contributed by atoms with Gasteiger partial charge >= 0.3 is 0 Å². The maximum absolute atomic E-state index is 4.20. The molecule has 1 aromatic rings. The van der Waals surface area contributed by atoms with Crippen molar-refractivity contribution in [3.63, 3.8) is 0 Å². The van der Waals surface area contributed by atoms with Gasteiger partial charge in [0.25, 0.3) is 0 Å². The van der Waals surface area contributed by atoms with Crippen LogP contribution in [0.2, 0.25) is 0 Å². The SMILES string of the molecule is CC1(CNc2cc(Br)ncn2)CCCCC1. The second-order valence-electron chi connectivity index (χ2n) is 4.95. The number of aromatic nitrogens is 2. The number of nitrogens with zero attached hydrogens (tertiary/aromatic N) is 2. The standard InChI is InChI=1S/C12H18BrN3/c1-12(5-3-2-4-6-12)8-14-11-7-10(13)15-9-16-11/h7,9H,2-6,8H2,1H3,(H,14,15,16). The van der Waals surface area contributed by atoms with Crippen molar-refractivity contribution in [1.82, 2.24) is 9.97 Å². The smallest absolute Gasteiger partial charge is 0.130 e. The van der Waals surface area contributed by atoms with Crippen LogP contribution in [0.25, 0.3) is 0 Å². The lowest BCUT2D eigenvalue weighted by atomic mass is 9.76. The Morgan fingerprint density at radius 3 is 2.75 bits per heavy atom. The molecule has 0 aliphatic heterocycles. The van der Waals surface area contributed by atoms with Gasteiger partial charge in [0, 0.05) is 12.6 Å². The van der Waals surface area contributed by atoms with Crippen LogP contribution in [0.1, 0.15) is 39.0 Å². The zero-order chi connectivity index (χ0) is 11.4. The Morgan fingerprint density at radius 1 is 1.31 bits per heavy atom. The Morgan fingerprint density at radius 2 is 2.06 bits per heavy atom. The van der Waals surface area contributed by atoms with Gasteiger partial charge in [-0.1, -0.05) is 26.2 Å². The highest BCUT2D eigenvalue weighted by Gasteiger charge is 2.26. The first kappa shape index (κ1) is 11.8. The van der Waals surface area contributed by atoms with E-state index >= 15 is 0 Å². The van der Waals surface area contributed by atoms with Crippen LogP contribution in [-0.4, -0.2) is 16.5 Å². The number of anilines is 1. The fourth-order valence-corrected chi connectivity index (χ4v) is 2.62. The molecule has 88 valence electrons. The van der Waals surface area contributed by atoms with E-state index in [2.05, 4.69) is 38.1 Å². The second kappa shape index (κ2) is 5.13. The first-order chi connectivity index (χ1) is 7.68. The van der Waals surface area contributed by atoms with E-state index in [1.807, 2.05) is 6.07 Å². The van der Waals surface area contributed by atoms with Crippen LogP contribution in [0.5, 0.6) is 0 Å². The number of halogens is 1. The van der Waals surface area contributed by atoms with Crippen molar-refractivity contribution in [2.45, 2.75) is 39.0 Å². The molecule has 2 rings (SSSR count). The molecule has 0 atom stereocenters. The average Bonchev–Trinajstić information content (AvgIpc) is 2.28. The molecule has 1 aromatic heterocycles. The molecule has 0 spiro atoms. The molecule has 0 unspecified atom stereocenters. The molecular formula is C12H18BrN3. The van der Waals surface area contributed by atoms with Crippen LogP contribution in [0.15, 0.2) is 17.0 Å². The summed E-state index contributed by atoms with van der Waals surface area (Å²) in [5, 5.41) is 3.41. The van der Waals surface area contributed by atoms with E-state index in [1.54, 1.807) is 6.33 Å². The third-order valence-electron chi connectivity index (χ3n) is 3.39. The van der Waals surface area contributed by atoms with E-state index in [0.717, 1.165) is 17.0 Å². The topological polar surface area (TPSA) is 37.8 Å². The fraction of sp³-hybridized carbons (Fsp3) is 0.667. The van der Waals surface area contributed by atoms with Gasteiger partial charge in [-0.25, -0.2) is 9.97 Å². The lowest BCUT2D eigenvalue weighted by Gasteiger charge is -2.33. The zero-order valence-corrected chi connectivity index (χ0v) is 11.3. The van der Waals surface area contributed by atoms with Gasteiger partial charge in [-0.2, -0.15) is 0 Å². The summed E-state index contributed by atoms with van der Waals surface area (Å²) < 4.78 is 0.832. The third kappa shape index (κ3) is 3.17. The van der Waals surface area contributed by atoms with Gasteiger partial charge in [0.05, 0.1) is 0 Å². The average molecular weight is 284 g/mol. The maximum atomic E-state index is 4.20. The molecule has 1 saturated carbocycles. The molecule has 1 heterocycles. The summed E-state index contributed by atoms with van der Waals surface area (Å²) >= 11 is 3.35. The summed E-state index contributed by atoms with van der Waals surface area (Å²) in [6, 6.07) is 1.92. The predicted octanol–water partition coefficient (Wildman–Crippen LogP) is 3.62. The number of rotatable bonds is 3. The highest BCUT2D eigenvalue weighted by atomic mass is 79.9. The normalized spacial score (nSPS) is 19.4. The second-order valence-corrected chi connectivity index (χ2v) is 5.76. The van der Waals surface area contributed by atoms with Crippen LogP contribution < -0.4 is 5.32 Å². The molecule has 0 radical (unpaired) electrons. The molecule has 1 N–H and O–H groups in total. The molecule has 3 nitrogen and oxygen atoms in total. The number of hydrogen-bond acceptors (Lipinski definition) is 3. The Kier molecular flexibility index (Phi) is 3.79. The summed E-state index contributed by atoms with van der Waals surface area (Å²) in [6.07, 6.45) is 8.36. The number of nitrogens with one attached hydrogen (secondary N) is 1. The van der Waals surface area contributed by atoms with Crippen molar-refractivity contribution in [3.05, 3.63) is 17.0 Å². The Hall–Kier alpha value is -0.640. The van der Waals surface area contributed by atoms with Gasteiger partial charge in [-0.15, -0.1) is 0 Å². The predicted molar refractivity (Wildman–Crippen MR) is 69.4 cm³/mol. The van der Waals surface area contributed by atoms with Crippen molar-refractivity contribution in [3.8, 4) is 0 Å². The summed E-state index contributed by atoms with van der Waals surface area (Å²) in [6.45, 7) is 3.38. The minimum absolute atomic E-state index is 0.440. The molecule has 1 aliphatic carbocycles. The number of hydrogen-bond donors (Lipinski definition) is 1. The molecule has 0 aromatic carbocycles. The monoisotopic (exact) mass is 283 g/mol. The molecule has 0 amide bonds. The van der Waals surface area contributed by atoms with E-state index in [9.17, 15) is 0 Å². The van der Waals surface area contributed by atoms with Crippen molar-refractivity contribution in [2.75, 3.05) is 11.9 Å². The van der Waals surface area contributed by atoms with Gasteiger partial charge in [-0.3, -0.25) is 0 Å². The first-order valence-corrected chi connectivity index (χ1v) is 6.69. The Balaban J connectivity index is 1.91. The molecule has 0 saturated heterocycles. The van der Waals surface area contributed by atoms with Crippen molar-refractivity contribution in [2.24, 2.45) is 5.41 Å². The van der Waals surface area contributed by atoms with Crippen LogP contribution in [0.3, 0.4) is 0 Å². The molecular weight excluding hydrogens is 266 g/mol. The first-order valence-electron chi connectivity index (χ1n) is 5.89. The molecule has 1 aliphatic rings. The van der Waals surface area contributed by atoms with E-state index in [1.165, 1.54) is 32.1 Å². The third-order valence-corrected chi connectivity index (χ3v) is 3.82. The summed E-state index contributed by atoms with van der Waals surface area (Å²) in [4.78, 5) is 8.22. The highest BCUT2D eigenvalue weighted by molar-refractivity contribution is 9.10. The van der Waals surface area contributed by atoms with Gasteiger partial charge in [0.15, 0.2) is 0 Å². The van der Waals surface area contributed by atoms with Gasteiger partial charge in [0.1, 0.15) is 16.7 Å². The van der Waals surface area contributed by atoms with Crippen molar-refractivity contribution in [1.29, 1.82) is 0 Å². The Labute approximate surface area is 105 Å². The van der Waals surface area contributed by atoms with Gasteiger partial charge in [0.2, 0.25) is 0 Å². The van der Waals surface area contributed by atoms with E-state index in [4.69, 9.17) is 0 Å². The molecule has 1 fully saturated rings. The van der Waals surface area contributed by atoms with Crippen molar-refractivity contribution >= 4 is 21.7 Å². The van der Waals surface area contributed by atoms with Crippen LogP contribution >= 0.6 is 15.9 Å². The lowest BCUT2D eigenvalue weighted by Crippen LogP contribution is -2.29. The summed E-state index contributed by atoms with van der Waals surface area (Å²) in [5.74, 6) is 0.911. The van der Waals surface area contributed by atoms with E-state index in [-0.39, 0.29) is 0 Å². The fourth-order valence-electron chi connectivity index (χ4n) is 2.32. The molecule has 16 heavy (non-hydrogen) atoms. The van der Waals surface area contributed by atoms with Crippen LogP contribution in [-0.2, 0) is 0 Å². The minimum Gasteiger partial charge on any atom is -0.369 e. The summed E-state index contributed by atoms with van der Waals surface area (Å²) in [7, 11) is 0. The maximum Gasteiger partial charge on any atom is 0.130 e. The molecule has 0 bridgehead atoms. The summed E-state index contributed by atoms with van der Waals surface area (Å²) in [5.41, 5.74) is 0.440. The van der Waals surface area contributed by atoms with E-state index in [0.29, 0.717) is 5.41 Å². The van der Waals surface area contributed by atoms with Gasteiger partial charge < -0.3 is 5.32 Å².